The van der Waals surface area contributed by atoms with Gasteiger partial charge in [0, 0.05) is 32.2 Å². The molecule has 1 fully saturated rings. The number of amides is 1. The van der Waals surface area contributed by atoms with Crippen molar-refractivity contribution in [3.8, 4) is 5.75 Å². The van der Waals surface area contributed by atoms with Crippen molar-refractivity contribution in [3.05, 3.63) is 60.3 Å². The molecule has 4 N–H and O–H groups in total. The molecular weight excluding hydrogens is 580 g/mol. The van der Waals surface area contributed by atoms with Crippen LogP contribution in [0.2, 0.25) is 5.02 Å². The largest absolute Gasteiger partial charge is 0.494 e. The number of halogens is 1. The lowest BCUT2D eigenvalue weighted by Gasteiger charge is -2.26. The van der Waals surface area contributed by atoms with Crippen molar-refractivity contribution >= 4 is 62.0 Å². The molecule has 1 aromatic heterocycles. The van der Waals surface area contributed by atoms with Crippen LogP contribution in [0.3, 0.4) is 0 Å². The van der Waals surface area contributed by atoms with E-state index in [1.807, 2.05) is 26.0 Å². The number of nitrogens with one attached hydrogen (secondary N) is 4. The van der Waals surface area contributed by atoms with Crippen LogP contribution in [-0.4, -0.2) is 76.6 Å². The Morgan fingerprint density at radius 2 is 1.86 bits per heavy atom. The number of anilines is 6. The molecule has 4 rings (SSSR count). The number of likely N-dealkylation sites (N-methyl/N-ethyl adjacent to an activating group) is 2. The first-order valence-electron chi connectivity index (χ1n) is 13.2. The lowest BCUT2D eigenvalue weighted by molar-refractivity contribution is -0.111. The summed E-state index contributed by atoms with van der Waals surface area (Å²) in [6.45, 7) is 5.04. The van der Waals surface area contributed by atoms with E-state index in [4.69, 9.17) is 16.3 Å². The Morgan fingerprint density at radius 1 is 1.12 bits per heavy atom. The van der Waals surface area contributed by atoms with Crippen LogP contribution in [0.15, 0.2) is 60.1 Å². The third kappa shape index (κ3) is 7.88. The molecule has 0 bridgehead atoms. The van der Waals surface area contributed by atoms with Gasteiger partial charge in [0.2, 0.25) is 21.9 Å². The second-order valence-electron chi connectivity index (χ2n) is 10.0. The van der Waals surface area contributed by atoms with Crippen molar-refractivity contribution in [1.82, 2.24) is 19.6 Å². The van der Waals surface area contributed by atoms with Crippen molar-refractivity contribution in [2.75, 3.05) is 62.2 Å². The van der Waals surface area contributed by atoms with Gasteiger partial charge in [0.05, 0.1) is 36.1 Å². The topological polar surface area (TPSA) is 141 Å². The zero-order chi connectivity index (χ0) is 30.4. The molecule has 1 aliphatic carbocycles. The lowest BCUT2D eigenvalue weighted by Crippen LogP contribution is -2.29. The predicted molar refractivity (Wildman–Crippen MR) is 167 cm³/mol. The van der Waals surface area contributed by atoms with Gasteiger partial charge in [0.25, 0.3) is 0 Å². The highest BCUT2D eigenvalue weighted by atomic mass is 35.5. The number of rotatable bonds is 14. The first kappa shape index (κ1) is 31.0. The van der Waals surface area contributed by atoms with E-state index in [1.54, 1.807) is 30.3 Å². The number of hydrogen-bond donors (Lipinski definition) is 4. The van der Waals surface area contributed by atoms with E-state index >= 15 is 0 Å². The van der Waals surface area contributed by atoms with Crippen LogP contribution in [0, 0.1) is 0 Å². The number of para-hydroxylation sites is 1. The number of aromatic nitrogens is 2. The smallest absolute Gasteiger partial charge is 0.247 e. The summed E-state index contributed by atoms with van der Waals surface area (Å²) in [6, 6.07) is 10.00. The number of sulfonamides is 1. The molecule has 42 heavy (non-hydrogen) atoms. The number of nitrogens with zero attached hydrogens (tertiary/aromatic N) is 4. The van der Waals surface area contributed by atoms with Gasteiger partial charge in [0.15, 0.2) is 5.82 Å². The number of hydrogen-bond acceptors (Lipinski definition) is 10. The summed E-state index contributed by atoms with van der Waals surface area (Å²) in [7, 11) is 3.69. The Bertz CT molecular complexity index is 1560. The van der Waals surface area contributed by atoms with Gasteiger partial charge in [-0.3, -0.25) is 4.79 Å². The standard InChI is InChI=1S/C28H35ClN8O4S/c1-6-26(38)31-21-15-22(24(41-5)16-23(21)37(4)14-13-36(2)3)33-28-30-17-19(29)27(34-28)32-20-9-7-8-10-25(20)42(39,40)35-18-11-12-18/h6-10,15-18,35H,1,11-14H2,2-5H3,(H,31,38)(H2,30,32,33,34). The van der Waals surface area contributed by atoms with Crippen molar-refractivity contribution < 1.29 is 17.9 Å². The monoisotopic (exact) mass is 614 g/mol. The Labute approximate surface area is 251 Å². The molecule has 0 atom stereocenters. The SMILES string of the molecule is C=CC(=O)Nc1cc(Nc2ncc(Cl)c(Nc3ccccc3S(=O)(=O)NC3CC3)n2)c(OC)cc1N(C)CCN(C)C. The van der Waals surface area contributed by atoms with E-state index in [1.165, 1.54) is 25.4 Å². The molecule has 1 amide bonds. The molecule has 0 radical (unpaired) electrons. The van der Waals surface area contributed by atoms with E-state index < -0.39 is 10.0 Å². The van der Waals surface area contributed by atoms with E-state index in [0.717, 1.165) is 25.1 Å². The average Bonchev–Trinajstić information content (AvgIpc) is 3.77. The summed E-state index contributed by atoms with van der Waals surface area (Å²) in [5.74, 6) is 0.468. The van der Waals surface area contributed by atoms with E-state index in [0.29, 0.717) is 29.4 Å². The van der Waals surface area contributed by atoms with Crippen molar-refractivity contribution in [3.63, 3.8) is 0 Å². The summed E-state index contributed by atoms with van der Waals surface area (Å²) < 4.78 is 34.3. The summed E-state index contributed by atoms with van der Waals surface area (Å²) in [4.78, 5) is 25.2. The molecule has 0 spiro atoms. The minimum absolute atomic E-state index is 0.0446. The molecule has 224 valence electrons. The molecule has 0 saturated heterocycles. The van der Waals surface area contributed by atoms with E-state index in [9.17, 15) is 13.2 Å². The summed E-state index contributed by atoms with van der Waals surface area (Å²) in [5.41, 5.74) is 2.06. The fourth-order valence-electron chi connectivity index (χ4n) is 3.96. The van der Waals surface area contributed by atoms with Crippen molar-refractivity contribution in [2.24, 2.45) is 0 Å². The molecule has 0 unspecified atom stereocenters. The van der Waals surface area contributed by atoms with E-state index in [-0.39, 0.29) is 33.6 Å². The molecule has 1 heterocycles. The number of methoxy groups -OCH3 is 1. The van der Waals surface area contributed by atoms with E-state index in [2.05, 4.69) is 42.1 Å². The highest BCUT2D eigenvalue weighted by Gasteiger charge is 2.29. The van der Waals surface area contributed by atoms with Crippen LogP contribution >= 0.6 is 11.6 Å². The highest BCUT2D eigenvalue weighted by molar-refractivity contribution is 7.89. The van der Waals surface area contributed by atoms with Gasteiger partial charge in [0.1, 0.15) is 15.7 Å². The van der Waals surface area contributed by atoms with Crippen LogP contribution in [0.4, 0.5) is 34.5 Å². The Kier molecular flexibility index (Phi) is 9.89. The molecule has 3 aromatic rings. The van der Waals surface area contributed by atoms with Gasteiger partial charge in [-0.1, -0.05) is 30.3 Å². The normalized spacial score (nSPS) is 13.0. The first-order valence-corrected chi connectivity index (χ1v) is 15.1. The van der Waals surface area contributed by atoms with Gasteiger partial charge in [-0.2, -0.15) is 4.98 Å². The minimum atomic E-state index is -3.74. The molecular formula is C28H35ClN8O4S. The van der Waals surface area contributed by atoms with Gasteiger partial charge in [-0.05, 0) is 51.2 Å². The predicted octanol–water partition coefficient (Wildman–Crippen LogP) is 4.19. The second-order valence-corrected chi connectivity index (χ2v) is 12.1. The molecule has 2 aromatic carbocycles. The second kappa shape index (κ2) is 13.4. The highest BCUT2D eigenvalue weighted by Crippen LogP contribution is 2.38. The van der Waals surface area contributed by atoms with Gasteiger partial charge < -0.3 is 30.5 Å². The summed E-state index contributed by atoms with van der Waals surface area (Å²) in [5, 5.41) is 9.20. The first-order chi connectivity index (χ1) is 20.0. The Balaban J connectivity index is 1.65. The van der Waals surface area contributed by atoms with Crippen molar-refractivity contribution in [1.29, 1.82) is 0 Å². The molecule has 12 nitrogen and oxygen atoms in total. The quantitative estimate of drug-likeness (QED) is 0.195. The minimum Gasteiger partial charge on any atom is -0.494 e. The molecule has 0 aliphatic heterocycles. The Morgan fingerprint density at radius 3 is 2.52 bits per heavy atom. The number of benzene rings is 2. The summed E-state index contributed by atoms with van der Waals surface area (Å²) >= 11 is 6.40. The molecule has 1 aliphatic rings. The van der Waals surface area contributed by atoms with Crippen LogP contribution < -0.4 is 30.3 Å². The molecule has 1 saturated carbocycles. The van der Waals surface area contributed by atoms with Gasteiger partial charge >= 0.3 is 0 Å². The van der Waals surface area contributed by atoms with Gasteiger partial charge in [-0.25, -0.2) is 18.1 Å². The number of carbonyl (C=O) groups is 1. The molecule has 14 heteroatoms. The third-order valence-electron chi connectivity index (χ3n) is 6.37. The van der Waals surface area contributed by atoms with Gasteiger partial charge in [-0.15, -0.1) is 0 Å². The Hall–Kier alpha value is -3.91. The maximum absolute atomic E-state index is 13.0. The van der Waals surface area contributed by atoms with Crippen molar-refractivity contribution in [2.45, 2.75) is 23.8 Å². The maximum Gasteiger partial charge on any atom is 0.247 e. The fraction of sp³-hybridized carbons (Fsp3) is 0.321. The number of carbonyl (C=O) groups excluding carboxylic acids is 1. The van der Waals surface area contributed by atoms with Crippen LogP contribution in [-0.2, 0) is 14.8 Å². The zero-order valence-corrected chi connectivity index (χ0v) is 25.5. The van der Waals surface area contributed by atoms with Crippen LogP contribution in [0.25, 0.3) is 0 Å². The van der Waals surface area contributed by atoms with Crippen LogP contribution in [0.1, 0.15) is 12.8 Å². The lowest BCUT2D eigenvalue weighted by atomic mass is 10.2. The third-order valence-corrected chi connectivity index (χ3v) is 8.23. The number of ether oxygens (including phenoxy) is 1. The van der Waals surface area contributed by atoms with Crippen LogP contribution in [0.5, 0.6) is 5.75 Å². The summed E-state index contributed by atoms with van der Waals surface area (Å²) in [6.07, 6.45) is 4.23. The average molecular weight is 615 g/mol. The zero-order valence-electron chi connectivity index (χ0n) is 23.9. The fourth-order valence-corrected chi connectivity index (χ4v) is 5.56. The maximum atomic E-state index is 13.0.